The predicted molar refractivity (Wildman–Crippen MR) is 141 cm³/mol. The molecule has 0 saturated carbocycles. The Morgan fingerprint density at radius 3 is 2.37 bits per heavy atom. The number of amides is 1. The molecule has 0 saturated heterocycles. The van der Waals surface area contributed by atoms with Crippen molar-refractivity contribution in [2.45, 2.75) is 91.8 Å². The fourth-order valence-corrected chi connectivity index (χ4v) is 3.87. The molecule has 0 aliphatic rings. The maximum atomic E-state index is 13.6. The molecule has 35 heavy (non-hydrogen) atoms. The second-order valence-corrected chi connectivity index (χ2v) is 10.5. The number of fused-ring (bicyclic) bond motifs is 1. The standard InChI is InChI=1S/C25H37Cl2N3O5/c1-7-8-11-34-22-16-12-18(26)19(27)13-17(16)23(32)30(10-9-21(31)29-15(2)3)20(22)14-28-24(33)35-25(4,5)6/h12-13,15,21,29,31H,7-11,14H2,1-6H3,(H,28,33). The van der Waals surface area contributed by atoms with E-state index in [-0.39, 0.29) is 36.1 Å². The van der Waals surface area contributed by atoms with Gasteiger partial charge < -0.3 is 24.5 Å². The maximum absolute atomic E-state index is 13.6. The lowest BCUT2D eigenvalue weighted by Gasteiger charge is -2.23. The summed E-state index contributed by atoms with van der Waals surface area (Å²) in [7, 11) is 0. The summed E-state index contributed by atoms with van der Waals surface area (Å²) in [5.41, 5.74) is -0.538. The number of benzene rings is 1. The molecule has 1 aromatic heterocycles. The summed E-state index contributed by atoms with van der Waals surface area (Å²) in [5.74, 6) is 0.439. The molecule has 10 heteroatoms. The molecule has 0 fully saturated rings. The highest BCUT2D eigenvalue weighted by Gasteiger charge is 2.22. The number of nitrogens with zero attached hydrogens (tertiary/aromatic N) is 1. The van der Waals surface area contributed by atoms with Crippen LogP contribution in [0.5, 0.6) is 5.75 Å². The van der Waals surface area contributed by atoms with Crippen LogP contribution in [-0.2, 0) is 17.8 Å². The Bertz CT molecular complexity index is 1080. The first kappa shape index (κ1) is 29.2. The van der Waals surface area contributed by atoms with Crippen LogP contribution in [0.15, 0.2) is 16.9 Å². The van der Waals surface area contributed by atoms with E-state index >= 15 is 0 Å². The van der Waals surface area contributed by atoms with Gasteiger partial charge in [0.05, 0.1) is 34.3 Å². The first-order chi connectivity index (χ1) is 16.3. The Hall–Kier alpha value is -2.00. The number of unbranched alkanes of at least 4 members (excludes halogenated alkanes) is 1. The van der Waals surface area contributed by atoms with Gasteiger partial charge in [-0.2, -0.15) is 0 Å². The second-order valence-electron chi connectivity index (χ2n) is 9.73. The zero-order valence-corrected chi connectivity index (χ0v) is 22.8. The molecule has 1 amide bonds. The van der Waals surface area contributed by atoms with E-state index in [0.29, 0.717) is 33.8 Å². The minimum Gasteiger partial charge on any atom is -0.491 e. The summed E-state index contributed by atoms with van der Waals surface area (Å²) in [6.45, 7) is 11.8. The molecule has 1 heterocycles. The van der Waals surface area contributed by atoms with Crippen LogP contribution in [0.1, 0.15) is 66.5 Å². The molecule has 0 spiro atoms. The smallest absolute Gasteiger partial charge is 0.407 e. The van der Waals surface area contributed by atoms with Gasteiger partial charge in [0.1, 0.15) is 17.6 Å². The molecule has 0 aliphatic carbocycles. The third-order valence-electron chi connectivity index (χ3n) is 5.06. The number of hydrogen-bond acceptors (Lipinski definition) is 6. The van der Waals surface area contributed by atoms with Crippen LogP contribution in [0.4, 0.5) is 4.79 Å². The van der Waals surface area contributed by atoms with Crippen molar-refractivity contribution in [3.05, 3.63) is 38.2 Å². The van der Waals surface area contributed by atoms with Gasteiger partial charge in [0, 0.05) is 24.4 Å². The number of nitrogens with one attached hydrogen (secondary N) is 2. The van der Waals surface area contributed by atoms with Gasteiger partial charge in [-0.25, -0.2) is 4.79 Å². The molecule has 0 radical (unpaired) electrons. The molecule has 1 unspecified atom stereocenters. The molecular weight excluding hydrogens is 493 g/mol. The lowest BCUT2D eigenvalue weighted by molar-refractivity contribution is 0.0521. The van der Waals surface area contributed by atoms with Crippen LogP contribution < -0.4 is 20.9 Å². The van der Waals surface area contributed by atoms with E-state index in [9.17, 15) is 14.7 Å². The van der Waals surface area contributed by atoms with Crippen LogP contribution in [-0.4, -0.2) is 40.2 Å². The van der Waals surface area contributed by atoms with Crippen molar-refractivity contribution in [2.24, 2.45) is 0 Å². The fraction of sp³-hybridized carbons (Fsp3) is 0.600. The van der Waals surface area contributed by atoms with E-state index in [1.54, 1.807) is 26.8 Å². The van der Waals surface area contributed by atoms with Crippen LogP contribution >= 0.6 is 23.2 Å². The lowest BCUT2D eigenvalue weighted by atomic mass is 10.1. The van der Waals surface area contributed by atoms with Gasteiger partial charge in [-0.1, -0.05) is 36.5 Å². The average Bonchev–Trinajstić information content (AvgIpc) is 2.73. The number of aliphatic hydroxyl groups excluding tert-OH is 1. The quantitative estimate of drug-likeness (QED) is 0.272. The molecule has 3 N–H and O–H groups in total. The second kappa shape index (κ2) is 12.8. The zero-order chi connectivity index (χ0) is 26.3. The number of halogens is 2. The highest BCUT2D eigenvalue weighted by Crippen LogP contribution is 2.34. The number of hydrogen-bond donors (Lipinski definition) is 3. The van der Waals surface area contributed by atoms with Gasteiger partial charge in [-0.15, -0.1) is 0 Å². The largest absolute Gasteiger partial charge is 0.491 e. The van der Waals surface area contributed by atoms with E-state index in [0.717, 1.165) is 12.8 Å². The zero-order valence-electron chi connectivity index (χ0n) is 21.3. The summed E-state index contributed by atoms with van der Waals surface area (Å²) in [6.07, 6.45) is 0.550. The number of carbonyl (C=O) groups excluding carboxylic acids is 1. The van der Waals surface area contributed by atoms with Gasteiger partial charge in [0.25, 0.3) is 5.56 Å². The van der Waals surface area contributed by atoms with E-state index in [4.69, 9.17) is 32.7 Å². The van der Waals surface area contributed by atoms with Crippen molar-refractivity contribution < 1.29 is 19.4 Å². The number of alkyl carbamates (subject to hydrolysis) is 1. The maximum Gasteiger partial charge on any atom is 0.407 e. The third-order valence-corrected chi connectivity index (χ3v) is 5.79. The Balaban J connectivity index is 2.61. The Kier molecular flexibility index (Phi) is 10.7. The van der Waals surface area contributed by atoms with Crippen molar-refractivity contribution in [1.82, 2.24) is 15.2 Å². The van der Waals surface area contributed by atoms with Crippen LogP contribution in [0, 0.1) is 0 Å². The van der Waals surface area contributed by atoms with Crippen molar-refractivity contribution in [2.75, 3.05) is 6.61 Å². The van der Waals surface area contributed by atoms with E-state index in [2.05, 4.69) is 10.6 Å². The van der Waals surface area contributed by atoms with Gasteiger partial charge in [0.2, 0.25) is 0 Å². The van der Waals surface area contributed by atoms with Gasteiger partial charge in [-0.05, 0) is 53.2 Å². The van der Waals surface area contributed by atoms with E-state index in [1.807, 2.05) is 20.8 Å². The molecule has 0 bridgehead atoms. The molecule has 2 aromatic rings. The number of ether oxygens (including phenoxy) is 2. The summed E-state index contributed by atoms with van der Waals surface area (Å²) in [5, 5.41) is 17.5. The van der Waals surface area contributed by atoms with Gasteiger partial charge >= 0.3 is 6.09 Å². The van der Waals surface area contributed by atoms with E-state index in [1.165, 1.54) is 10.6 Å². The van der Waals surface area contributed by atoms with Crippen LogP contribution in [0.3, 0.4) is 0 Å². The third kappa shape index (κ3) is 8.56. The van der Waals surface area contributed by atoms with Crippen molar-refractivity contribution in [3.63, 3.8) is 0 Å². The molecular formula is C25H37Cl2N3O5. The number of pyridine rings is 1. The molecule has 2 rings (SSSR count). The number of carbonyl (C=O) groups is 1. The summed E-state index contributed by atoms with van der Waals surface area (Å²) >= 11 is 12.5. The molecule has 8 nitrogen and oxygen atoms in total. The van der Waals surface area contributed by atoms with Gasteiger partial charge in [-0.3, -0.25) is 10.1 Å². The molecule has 196 valence electrons. The molecule has 1 atom stereocenters. The predicted octanol–water partition coefficient (Wildman–Crippen LogP) is 5.22. The molecule has 1 aromatic carbocycles. The SMILES string of the molecule is CCCCOc1c(CNC(=O)OC(C)(C)C)n(CCC(O)NC(C)C)c(=O)c2cc(Cl)c(Cl)cc12. The van der Waals surface area contributed by atoms with Crippen LogP contribution in [0.25, 0.3) is 10.8 Å². The first-order valence-corrected chi connectivity index (χ1v) is 12.7. The summed E-state index contributed by atoms with van der Waals surface area (Å²) in [4.78, 5) is 26.0. The number of aliphatic hydroxyl groups is 1. The van der Waals surface area contributed by atoms with E-state index < -0.39 is 17.9 Å². The summed E-state index contributed by atoms with van der Waals surface area (Å²) in [6, 6.07) is 3.21. The van der Waals surface area contributed by atoms with Crippen molar-refractivity contribution in [1.29, 1.82) is 0 Å². The van der Waals surface area contributed by atoms with Crippen LogP contribution in [0.2, 0.25) is 10.0 Å². The Morgan fingerprint density at radius 1 is 1.17 bits per heavy atom. The highest BCUT2D eigenvalue weighted by atomic mass is 35.5. The minimum atomic E-state index is -0.817. The first-order valence-electron chi connectivity index (χ1n) is 11.9. The lowest BCUT2D eigenvalue weighted by Crippen LogP contribution is -2.37. The monoisotopic (exact) mass is 529 g/mol. The fourth-order valence-electron chi connectivity index (χ4n) is 3.54. The average molecular weight is 530 g/mol. The number of rotatable bonds is 11. The van der Waals surface area contributed by atoms with Crippen molar-refractivity contribution >= 4 is 40.1 Å². The normalized spacial score (nSPS) is 12.7. The van der Waals surface area contributed by atoms with Crippen molar-refractivity contribution in [3.8, 4) is 5.75 Å². The summed E-state index contributed by atoms with van der Waals surface area (Å²) < 4.78 is 13.0. The number of aromatic nitrogens is 1. The van der Waals surface area contributed by atoms with Gasteiger partial charge in [0.15, 0.2) is 0 Å². The minimum absolute atomic E-state index is 0.0184. The highest BCUT2D eigenvalue weighted by molar-refractivity contribution is 6.42. The topological polar surface area (TPSA) is 102 Å². The Morgan fingerprint density at radius 2 is 1.80 bits per heavy atom. The molecule has 0 aliphatic heterocycles. The Labute approximate surface area is 216 Å².